The maximum absolute atomic E-state index is 12.6. The lowest BCUT2D eigenvalue weighted by Crippen LogP contribution is -2.07. The second kappa shape index (κ2) is 6.50. The lowest BCUT2D eigenvalue weighted by Gasteiger charge is -2.08. The van der Waals surface area contributed by atoms with Gasteiger partial charge in [-0.25, -0.2) is 4.98 Å². The van der Waals surface area contributed by atoms with Crippen molar-refractivity contribution in [2.24, 2.45) is 0 Å². The van der Waals surface area contributed by atoms with Gasteiger partial charge in [0.1, 0.15) is 0 Å². The van der Waals surface area contributed by atoms with Crippen LogP contribution in [0, 0.1) is 6.92 Å². The van der Waals surface area contributed by atoms with E-state index >= 15 is 0 Å². The number of carbonyl (C=O) groups is 1. The van der Waals surface area contributed by atoms with Gasteiger partial charge >= 0.3 is 6.18 Å². The molecule has 116 valence electrons. The predicted octanol–water partition coefficient (Wildman–Crippen LogP) is 4.78. The highest BCUT2D eigenvalue weighted by molar-refractivity contribution is 7.13. The number of hydrogen-bond acceptors (Lipinski definition) is 3. The fraction of sp³-hybridized carbons (Fsp3) is 0.143. The number of benzene rings is 1. The third kappa shape index (κ3) is 4.32. The summed E-state index contributed by atoms with van der Waals surface area (Å²) in [6.45, 7) is 1.78. The first-order chi connectivity index (χ1) is 10.3. The van der Waals surface area contributed by atoms with E-state index in [-0.39, 0.29) is 10.6 Å². The molecular weight excluding hydrogens is 337 g/mol. The highest BCUT2D eigenvalue weighted by Gasteiger charge is 2.30. The summed E-state index contributed by atoms with van der Waals surface area (Å²) < 4.78 is 37.9. The zero-order valence-corrected chi connectivity index (χ0v) is 12.8. The van der Waals surface area contributed by atoms with Gasteiger partial charge in [-0.1, -0.05) is 11.6 Å². The summed E-state index contributed by atoms with van der Waals surface area (Å²) in [6.07, 6.45) is -2.13. The molecule has 22 heavy (non-hydrogen) atoms. The van der Waals surface area contributed by atoms with Crippen LogP contribution in [-0.4, -0.2) is 10.9 Å². The topological polar surface area (TPSA) is 42.0 Å². The van der Waals surface area contributed by atoms with E-state index in [1.807, 2.05) is 0 Å². The van der Waals surface area contributed by atoms with Gasteiger partial charge in [-0.15, -0.1) is 11.3 Å². The summed E-state index contributed by atoms with van der Waals surface area (Å²) >= 11 is 7.09. The number of thiazole rings is 1. The summed E-state index contributed by atoms with van der Waals surface area (Å²) in [5, 5.41) is 4.83. The van der Waals surface area contributed by atoms with Crippen molar-refractivity contribution < 1.29 is 18.0 Å². The SMILES string of the molecule is Cc1csc(NC(=O)/C=C/c2cc(C(F)(F)F)ccc2Cl)n1. The number of nitrogens with zero attached hydrogens (tertiary/aromatic N) is 1. The zero-order chi connectivity index (χ0) is 16.3. The van der Waals surface area contributed by atoms with Gasteiger partial charge in [0.15, 0.2) is 5.13 Å². The molecule has 2 aromatic rings. The van der Waals surface area contributed by atoms with Crippen molar-refractivity contribution in [2.75, 3.05) is 5.32 Å². The number of carbonyl (C=O) groups excluding carboxylic acids is 1. The van der Waals surface area contributed by atoms with Crippen LogP contribution in [0.1, 0.15) is 16.8 Å². The van der Waals surface area contributed by atoms with Crippen LogP contribution in [0.4, 0.5) is 18.3 Å². The van der Waals surface area contributed by atoms with E-state index in [1.165, 1.54) is 17.4 Å². The Bertz CT molecular complexity index is 725. The predicted molar refractivity (Wildman–Crippen MR) is 81.0 cm³/mol. The van der Waals surface area contributed by atoms with Crippen LogP contribution in [0.3, 0.4) is 0 Å². The van der Waals surface area contributed by atoms with Crippen LogP contribution in [-0.2, 0) is 11.0 Å². The Morgan fingerprint density at radius 1 is 1.41 bits per heavy atom. The molecule has 1 aromatic carbocycles. The molecule has 0 aliphatic heterocycles. The number of hydrogen-bond donors (Lipinski definition) is 1. The second-order valence-corrected chi connectivity index (χ2v) is 5.62. The molecule has 0 saturated heterocycles. The third-order valence-electron chi connectivity index (χ3n) is 2.59. The highest BCUT2D eigenvalue weighted by atomic mass is 35.5. The molecule has 0 aliphatic carbocycles. The lowest BCUT2D eigenvalue weighted by atomic mass is 10.1. The average Bonchev–Trinajstić information content (AvgIpc) is 2.81. The number of amides is 1. The van der Waals surface area contributed by atoms with Crippen molar-refractivity contribution in [1.82, 2.24) is 4.98 Å². The van der Waals surface area contributed by atoms with Crippen molar-refractivity contribution in [3.63, 3.8) is 0 Å². The minimum atomic E-state index is -4.46. The van der Waals surface area contributed by atoms with Crippen LogP contribution >= 0.6 is 22.9 Å². The van der Waals surface area contributed by atoms with Gasteiger partial charge in [-0.05, 0) is 36.8 Å². The summed E-state index contributed by atoms with van der Waals surface area (Å²) in [5.74, 6) is -0.497. The summed E-state index contributed by atoms with van der Waals surface area (Å²) in [4.78, 5) is 15.7. The molecule has 1 amide bonds. The normalized spacial score (nSPS) is 11.9. The van der Waals surface area contributed by atoms with Gasteiger partial charge in [-0.2, -0.15) is 13.2 Å². The molecule has 0 aliphatic rings. The Labute approximate surface area is 133 Å². The second-order valence-electron chi connectivity index (χ2n) is 4.35. The number of aromatic nitrogens is 1. The first-order valence-electron chi connectivity index (χ1n) is 6.03. The quantitative estimate of drug-likeness (QED) is 0.813. The molecule has 0 unspecified atom stereocenters. The largest absolute Gasteiger partial charge is 0.416 e. The van der Waals surface area contributed by atoms with Crippen LogP contribution in [0.15, 0.2) is 29.7 Å². The fourth-order valence-electron chi connectivity index (χ4n) is 1.57. The minimum Gasteiger partial charge on any atom is -0.298 e. The van der Waals surface area contributed by atoms with E-state index in [0.717, 1.165) is 30.0 Å². The number of nitrogens with one attached hydrogen (secondary N) is 1. The maximum Gasteiger partial charge on any atom is 0.416 e. The van der Waals surface area contributed by atoms with E-state index in [1.54, 1.807) is 12.3 Å². The first-order valence-corrected chi connectivity index (χ1v) is 7.29. The number of anilines is 1. The Balaban J connectivity index is 2.13. The van der Waals surface area contributed by atoms with Gasteiger partial charge in [0.05, 0.1) is 11.3 Å². The summed E-state index contributed by atoms with van der Waals surface area (Å²) in [7, 11) is 0. The van der Waals surface area contributed by atoms with Crippen molar-refractivity contribution >= 4 is 40.1 Å². The van der Waals surface area contributed by atoms with E-state index in [9.17, 15) is 18.0 Å². The Morgan fingerprint density at radius 3 is 2.73 bits per heavy atom. The van der Waals surface area contributed by atoms with Gasteiger partial charge in [-0.3, -0.25) is 10.1 Å². The molecular formula is C14H10ClF3N2OS. The number of alkyl halides is 3. The van der Waals surface area contributed by atoms with Crippen molar-refractivity contribution in [1.29, 1.82) is 0 Å². The van der Waals surface area contributed by atoms with Gasteiger partial charge in [0.25, 0.3) is 0 Å². The van der Waals surface area contributed by atoms with Crippen molar-refractivity contribution in [2.45, 2.75) is 13.1 Å². The highest BCUT2D eigenvalue weighted by Crippen LogP contribution is 2.32. The van der Waals surface area contributed by atoms with Crippen molar-refractivity contribution in [3.05, 3.63) is 51.5 Å². The van der Waals surface area contributed by atoms with Gasteiger partial charge in [0.2, 0.25) is 5.91 Å². The smallest absolute Gasteiger partial charge is 0.298 e. The van der Waals surface area contributed by atoms with Gasteiger partial charge < -0.3 is 0 Å². The molecule has 0 spiro atoms. The molecule has 3 nitrogen and oxygen atoms in total. The standard InChI is InChI=1S/C14H10ClF3N2OS/c1-8-7-22-13(19-8)20-12(21)5-2-9-6-10(14(16,17)18)3-4-11(9)15/h2-7H,1H3,(H,19,20,21)/b5-2+. The van der Waals surface area contributed by atoms with Crippen molar-refractivity contribution in [3.8, 4) is 0 Å². The summed E-state index contributed by atoms with van der Waals surface area (Å²) in [5.41, 5.74) is 0.0552. The van der Waals surface area contributed by atoms with E-state index in [4.69, 9.17) is 11.6 Å². The van der Waals surface area contributed by atoms with Crippen LogP contribution in [0.2, 0.25) is 5.02 Å². The van der Waals surface area contributed by atoms with E-state index in [2.05, 4.69) is 10.3 Å². The Morgan fingerprint density at radius 2 is 2.14 bits per heavy atom. The molecule has 0 radical (unpaired) electrons. The number of aryl methyl sites for hydroxylation is 1. The number of halogens is 4. The average molecular weight is 347 g/mol. The van der Waals surface area contributed by atoms with Crippen LogP contribution in [0.25, 0.3) is 6.08 Å². The molecule has 1 aromatic heterocycles. The first kappa shape index (κ1) is 16.5. The third-order valence-corrected chi connectivity index (χ3v) is 3.81. The molecule has 0 atom stereocenters. The fourth-order valence-corrected chi connectivity index (χ4v) is 2.44. The molecule has 1 heterocycles. The molecule has 0 bridgehead atoms. The number of rotatable bonds is 3. The lowest BCUT2D eigenvalue weighted by molar-refractivity contribution is -0.137. The van der Waals surface area contributed by atoms with Crippen LogP contribution < -0.4 is 5.32 Å². The minimum absolute atomic E-state index is 0.113. The zero-order valence-electron chi connectivity index (χ0n) is 11.2. The molecule has 8 heteroatoms. The Hall–Kier alpha value is -1.86. The molecule has 1 N–H and O–H groups in total. The molecule has 2 rings (SSSR count). The molecule has 0 saturated carbocycles. The summed E-state index contributed by atoms with van der Waals surface area (Å²) in [6, 6.07) is 2.92. The Kier molecular flexibility index (Phi) is 4.87. The van der Waals surface area contributed by atoms with Gasteiger partial charge in [0, 0.05) is 16.5 Å². The van der Waals surface area contributed by atoms with Crippen LogP contribution in [0.5, 0.6) is 0 Å². The monoisotopic (exact) mass is 346 g/mol. The molecule has 0 fully saturated rings. The van der Waals surface area contributed by atoms with E-state index in [0.29, 0.717) is 5.13 Å². The van der Waals surface area contributed by atoms with E-state index < -0.39 is 17.6 Å². The maximum atomic E-state index is 12.6.